The highest BCUT2D eigenvalue weighted by Gasteiger charge is 2.44. The highest BCUT2D eigenvalue weighted by Crippen LogP contribution is 2.39. The minimum Gasteiger partial charge on any atom is -0.486 e. The third-order valence-corrected chi connectivity index (χ3v) is 6.36. The Hall–Kier alpha value is -2.48. The van der Waals surface area contributed by atoms with Gasteiger partial charge in [-0.3, -0.25) is 14.3 Å². The Labute approximate surface area is 174 Å². The minimum atomic E-state index is -2.75. The van der Waals surface area contributed by atoms with E-state index in [1.54, 1.807) is 11.8 Å². The molecule has 0 bridgehead atoms. The second kappa shape index (κ2) is 7.98. The summed E-state index contributed by atoms with van der Waals surface area (Å²) < 4.78 is 33.6. The van der Waals surface area contributed by atoms with Gasteiger partial charge in [0, 0.05) is 24.5 Å². The van der Waals surface area contributed by atoms with E-state index in [9.17, 15) is 18.7 Å². The Kier molecular flexibility index (Phi) is 5.53. The zero-order chi connectivity index (χ0) is 21.6. The lowest BCUT2D eigenvalue weighted by atomic mass is 9.78. The number of pyridine rings is 1. The van der Waals surface area contributed by atoms with E-state index in [1.165, 1.54) is 12.1 Å². The summed E-state index contributed by atoms with van der Waals surface area (Å²) in [7, 11) is 0. The fourth-order valence-corrected chi connectivity index (χ4v) is 4.79. The van der Waals surface area contributed by atoms with Crippen molar-refractivity contribution in [2.45, 2.75) is 52.4 Å². The highest BCUT2D eigenvalue weighted by molar-refractivity contribution is 5.93. The highest BCUT2D eigenvalue weighted by atomic mass is 19.3. The molecule has 0 spiro atoms. The second-order valence-corrected chi connectivity index (χ2v) is 8.47. The molecule has 1 aliphatic carbocycles. The molecule has 8 heteroatoms. The van der Waals surface area contributed by atoms with Gasteiger partial charge >= 0.3 is 6.55 Å². The maximum absolute atomic E-state index is 13.4. The number of aliphatic hydroxyl groups excluding tert-OH is 1. The van der Waals surface area contributed by atoms with Crippen LogP contribution in [0.25, 0.3) is 0 Å². The van der Waals surface area contributed by atoms with Crippen molar-refractivity contribution in [2.24, 2.45) is 11.8 Å². The number of aryl methyl sites for hydroxylation is 3. The number of halogens is 2. The first-order chi connectivity index (χ1) is 14.2. The van der Waals surface area contributed by atoms with Crippen molar-refractivity contribution in [2.75, 3.05) is 13.1 Å². The van der Waals surface area contributed by atoms with Crippen molar-refractivity contribution in [1.29, 1.82) is 0 Å². The molecule has 2 aliphatic rings. The Balaban J connectivity index is 1.46. The average Bonchev–Trinajstić information content (AvgIpc) is 3.26. The maximum atomic E-state index is 13.4. The number of rotatable bonds is 4. The van der Waals surface area contributed by atoms with Crippen LogP contribution in [0.1, 0.15) is 47.0 Å². The van der Waals surface area contributed by atoms with Crippen molar-refractivity contribution >= 4 is 5.91 Å². The second-order valence-electron chi connectivity index (χ2n) is 8.47. The largest absolute Gasteiger partial charge is 0.486 e. The zero-order valence-corrected chi connectivity index (χ0v) is 17.4. The number of hydrogen-bond donors (Lipinski definition) is 1. The lowest BCUT2D eigenvalue weighted by Crippen LogP contribution is -2.42. The monoisotopic (exact) mass is 419 g/mol. The molecule has 2 aromatic heterocycles. The molecule has 6 nitrogen and oxygen atoms in total. The van der Waals surface area contributed by atoms with Gasteiger partial charge in [0.1, 0.15) is 17.5 Å². The summed E-state index contributed by atoms with van der Waals surface area (Å²) in [6.45, 7) is 3.53. The number of carbonyl (C=O) groups is 1. The standard InChI is InChI=1S/C22H27F2N3O3/c1-12-4-7-19(14(3)25-12)30-20-9-16-11-26(10-15(16)8-18(20)28)21(29)17-6-5-13(2)27(17)22(23)24/h4-7,15-16,18,20,22,28H,8-11H2,1-3H3/t15-,16+,18+,20+/m0/s1. The summed E-state index contributed by atoms with van der Waals surface area (Å²) in [4.78, 5) is 19.0. The number of alkyl halides is 2. The first-order valence-corrected chi connectivity index (χ1v) is 10.3. The number of fused-ring (bicyclic) bond motifs is 1. The number of aliphatic hydroxyl groups is 1. The first-order valence-electron chi connectivity index (χ1n) is 10.3. The molecule has 0 radical (unpaired) electrons. The van der Waals surface area contributed by atoms with Crippen molar-refractivity contribution in [1.82, 2.24) is 14.5 Å². The van der Waals surface area contributed by atoms with Gasteiger partial charge in [-0.2, -0.15) is 8.78 Å². The molecule has 0 unspecified atom stereocenters. The normalized spacial score (nSPS) is 26.2. The van der Waals surface area contributed by atoms with Crippen LogP contribution in [0, 0.1) is 32.6 Å². The molecule has 1 N–H and O–H groups in total. The smallest absolute Gasteiger partial charge is 0.319 e. The predicted molar refractivity (Wildman–Crippen MR) is 107 cm³/mol. The van der Waals surface area contributed by atoms with Crippen molar-refractivity contribution in [3.63, 3.8) is 0 Å². The van der Waals surface area contributed by atoms with Gasteiger partial charge in [-0.05, 0) is 69.7 Å². The summed E-state index contributed by atoms with van der Waals surface area (Å²) in [6.07, 6.45) is 0.107. The van der Waals surface area contributed by atoms with Gasteiger partial charge in [-0.15, -0.1) is 0 Å². The van der Waals surface area contributed by atoms with Gasteiger partial charge in [-0.1, -0.05) is 0 Å². The molecule has 1 saturated heterocycles. The van der Waals surface area contributed by atoms with Crippen LogP contribution in [0.3, 0.4) is 0 Å². The molecule has 1 amide bonds. The number of amides is 1. The fraction of sp³-hybridized carbons (Fsp3) is 0.545. The van der Waals surface area contributed by atoms with E-state index in [4.69, 9.17) is 4.74 Å². The van der Waals surface area contributed by atoms with Gasteiger partial charge in [0.25, 0.3) is 5.91 Å². The van der Waals surface area contributed by atoms with E-state index in [0.717, 1.165) is 16.0 Å². The number of hydrogen-bond acceptors (Lipinski definition) is 4. The third-order valence-electron chi connectivity index (χ3n) is 6.36. The summed E-state index contributed by atoms with van der Waals surface area (Å²) in [6, 6.07) is 6.73. The Morgan fingerprint density at radius 2 is 1.83 bits per heavy atom. The van der Waals surface area contributed by atoms with E-state index >= 15 is 0 Å². The van der Waals surface area contributed by atoms with E-state index in [1.807, 2.05) is 26.0 Å². The van der Waals surface area contributed by atoms with E-state index < -0.39 is 12.7 Å². The van der Waals surface area contributed by atoms with Crippen LogP contribution in [-0.4, -0.2) is 50.8 Å². The Bertz CT molecular complexity index is 946. The number of carbonyl (C=O) groups excluding carboxylic acids is 1. The van der Waals surface area contributed by atoms with Crippen LogP contribution in [0.5, 0.6) is 5.75 Å². The van der Waals surface area contributed by atoms with Gasteiger partial charge in [0.05, 0.1) is 11.8 Å². The quantitative estimate of drug-likeness (QED) is 0.824. The molecular formula is C22H27F2N3O3. The molecule has 30 heavy (non-hydrogen) atoms. The van der Waals surface area contributed by atoms with Gasteiger partial charge < -0.3 is 14.7 Å². The van der Waals surface area contributed by atoms with Gasteiger partial charge in [0.2, 0.25) is 0 Å². The molecule has 1 aliphatic heterocycles. The zero-order valence-electron chi connectivity index (χ0n) is 17.4. The van der Waals surface area contributed by atoms with Gasteiger partial charge in [-0.25, -0.2) is 0 Å². The molecule has 2 aromatic rings. The first kappa shape index (κ1) is 20.8. The number of nitrogens with zero attached hydrogens (tertiary/aromatic N) is 3. The van der Waals surface area contributed by atoms with Crippen LogP contribution >= 0.6 is 0 Å². The maximum Gasteiger partial charge on any atom is 0.319 e. The predicted octanol–water partition coefficient (Wildman–Crippen LogP) is 3.49. The van der Waals surface area contributed by atoms with Crippen LogP contribution in [0.2, 0.25) is 0 Å². The summed E-state index contributed by atoms with van der Waals surface area (Å²) in [5.74, 6) is 0.567. The minimum absolute atomic E-state index is 0.0100. The number of aromatic nitrogens is 2. The van der Waals surface area contributed by atoms with Crippen LogP contribution in [0.4, 0.5) is 8.78 Å². The van der Waals surface area contributed by atoms with E-state index in [-0.39, 0.29) is 29.5 Å². The topological polar surface area (TPSA) is 67.6 Å². The van der Waals surface area contributed by atoms with Crippen molar-refractivity contribution in [3.8, 4) is 5.75 Å². The summed E-state index contributed by atoms with van der Waals surface area (Å²) >= 11 is 0. The SMILES string of the molecule is Cc1ccc(O[C@@H]2C[C@@H]3CN(C(=O)c4ccc(C)n4C(F)F)C[C@@H]3C[C@H]2O)c(C)n1. The van der Waals surface area contributed by atoms with Crippen LogP contribution in [0.15, 0.2) is 24.3 Å². The van der Waals surface area contributed by atoms with E-state index in [2.05, 4.69) is 4.98 Å². The summed E-state index contributed by atoms with van der Waals surface area (Å²) in [5, 5.41) is 10.6. The fourth-order valence-electron chi connectivity index (χ4n) is 4.79. The molecule has 162 valence electrons. The molecule has 0 aromatic carbocycles. The molecular weight excluding hydrogens is 392 g/mol. The Morgan fingerprint density at radius 1 is 1.13 bits per heavy atom. The van der Waals surface area contributed by atoms with Gasteiger partial charge in [0.15, 0.2) is 0 Å². The average molecular weight is 419 g/mol. The van der Waals surface area contributed by atoms with Crippen molar-refractivity contribution < 1.29 is 23.4 Å². The lowest BCUT2D eigenvalue weighted by Gasteiger charge is -2.35. The number of ether oxygens (including phenoxy) is 1. The molecule has 4 atom stereocenters. The Morgan fingerprint density at radius 3 is 2.50 bits per heavy atom. The molecule has 1 saturated carbocycles. The van der Waals surface area contributed by atoms with Crippen LogP contribution < -0.4 is 4.74 Å². The summed E-state index contributed by atoms with van der Waals surface area (Å²) in [5.41, 5.74) is 2.04. The molecule has 4 rings (SSSR count). The van der Waals surface area contributed by atoms with Crippen LogP contribution in [-0.2, 0) is 0 Å². The third kappa shape index (κ3) is 3.80. The molecule has 2 fully saturated rings. The molecule has 3 heterocycles. The number of likely N-dealkylation sites (tertiary alicyclic amines) is 1. The lowest BCUT2D eigenvalue weighted by molar-refractivity contribution is -0.0236. The van der Waals surface area contributed by atoms with E-state index in [0.29, 0.717) is 37.4 Å². The van der Waals surface area contributed by atoms with Crippen molar-refractivity contribution in [3.05, 3.63) is 47.0 Å².